The average Bonchev–Trinajstić information content (AvgIpc) is 3.15. The van der Waals surface area contributed by atoms with Gasteiger partial charge in [0.15, 0.2) is 0 Å². The van der Waals surface area contributed by atoms with Crippen LogP contribution in [-0.2, 0) is 25.8 Å². The van der Waals surface area contributed by atoms with E-state index in [2.05, 4.69) is 89.3 Å². The SMILES string of the molecule is CCCC1=C(C)C([Si](C)(C)C2=C(C)C(CCC)c3ccccc32)c2ccccc21.[CH3-].[CH3-].[CH3-].[CH3-].[Hf+4]. The summed E-state index contributed by atoms with van der Waals surface area (Å²) >= 11 is 0. The normalized spacial score (nSPS) is 17.9. The molecule has 34 heavy (non-hydrogen) atoms. The van der Waals surface area contributed by atoms with Crippen molar-refractivity contribution in [3.05, 3.63) is 112 Å². The first-order valence-electron chi connectivity index (χ1n) is 11.5. The number of benzene rings is 2. The zero-order valence-corrected chi connectivity index (χ0v) is 28.2. The second-order valence-electron chi connectivity index (χ2n) is 9.64. The molecule has 2 atom stereocenters. The van der Waals surface area contributed by atoms with Gasteiger partial charge in [0.25, 0.3) is 0 Å². The molecular weight excluding hydrogens is 591 g/mol. The molecule has 2 aromatic rings. The summed E-state index contributed by atoms with van der Waals surface area (Å²) in [6.45, 7) is 14.8. The van der Waals surface area contributed by atoms with Crippen LogP contribution in [0.2, 0.25) is 13.1 Å². The van der Waals surface area contributed by atoms with Crippen molar-refractivity contribution in [2.75, 3.05) is 0 Å². The quantitative estimate of drug-likeness (QED) is 0.218. The first-order valence-corrected chi connectivity index (χ1v) is 14.6. The van der Waals surface area contributed by atoms with Crippen molar-refractivity contribution >= 4 is 18.8 Å². The van der Waals surface area contributed by atoms with Crippen LogP contribution in [-0.4, -0.2) is 8.07 Å². The monoisotopic (exact) mass is 640 g/mol. The smallest absolute Gasteiger partial charge is 0.358 e. The Bertz CT molecular complexity index is 996. The second-order valence-corrected chi connectivity index (χ2v) is 14.2. The Morgan fingerprint density at radius 1 is 0.706 bits per heavy atom. The zero-order valence-electron chi connectivity index (χ0n) is 23.6. The van der Waals surface area contributed by atoms with E-state index in [1.54, 1.807) is 38.6 Å². The minimum Gasteiger partial charge on any atom is -0.358 e. The van der Waals surface area contributed by atoms with Crippen LogP contribution in [0.1, 0.15) is 87.1 Å². The van der Waals surface area contributed by atoms with Gasteiger partial charge in [-0.15, -0.1) is 0 Å². The molecule has 2 aliphatic carbocycles. The Hall–Kier alpha value is -0.993. The van der Waals surface area contributed by atoms with Gasteiger partial charge in [-0.1, -0.05) is 105 Å². The molecule has 0 radical (unpaired) electrons. The molecule has 0 aromatic heterocycles. The standard InChI is InChI=1S/C28H36Si.4CH3.Hf/c1-7-13-21-19(3)27(25-17-11-9-15-23(21)25)29(5,6)28-20(4)22(14-8-2)24-16-10-12-18-26(24)28;;;;;/h9-12,15-18,21,28H,7-8,13-14H2,1-6H3;4*1H3;/q;4*-1;+4. The summed E-state index contributed by atoms with van der Waals surface area (Å²) in [4.78, 5) is 0. The minimum atomic E-state index is -1.79. The van der Waals surface area contributed by atoms with Crippen molar-refractivity contribution in [2.45, 2.75) is 77.9 Å². The number of hydrogen-bond acceptors (Lipinski definition) is 0. The van der Waals surface area contributed by atoms with E-state index in [4.69, 9.17) is 0 Å². The Morgan fingerprint density at radius 3 is 1.79 bits per heavy atom. The van der Waals surface area contributed by atoms with Gasteiger partial charge in [0, 0.05) is 11.5 Å². The van der Waals surface area contributed by atoms with Crippen molar-refractivity contribution in [2.24, 2.45) is 0 Å². The van der Waals surface area contributed by atoms with Crippen molar-refractivity contribution in [3.63, 3.8) is 0 Å². The van der Waals surface area contributed by atoms with Crippen LogP contribution >= 0.6 is 0 Å². The molecule has 0 nitrogen and oxygen atoms in total. The predicted molar refractivity (Wildman–Crippen MR) is 157 cm³/mol. The van der Waals surface area contributed by atoms with Crippen LogP contribution in [0.5, 0.6) is 0 Å². The first-order chi connectivity index (χ1) is 13.9. The van der Waals surface area contributed by atoms with Gasteiger partial charge in [-0.25, -0.2) is 0 Å². The molecule has 184 valence electrons. The second kappa shape index (κ2) is 13.9. The van der Waals surface area contributed by atoms with E-state index in [0.29, 0.717) is 11.5 Å². The molecule has 0 fully saturated rings. The summed E-state index contributed by atoms with van der Waals surface area (Å²) in [6.07, 6.45) is 4.95. The summed E-state index contributed by atoms with van der Waals surface area (Å²) in [5.74, 6) is 0.619. The largest absolute Gasteiger partial charge is 4.00 e. The first kappa shape index (κ1) is 35.2. The van der Waals surface area contributed by atoms with Gasteiger partial charge in [-0.2, -0.15) is 0 Å². The molecule has 0 amide bonds. The number of fused-ring (bicyclic) bond motifs is 2. The van der Waals surface area contributed by atoms with E-state index in [-0.39, 0.29) is 55.5 Å². The van der Waals surface area contributed by atoms with E-state index in [0.717, 1.165) is 0 Å². The van der Waals surface area contributed by atoms with Gasteiger partial charge in [-0.3, -0.25) is 0 Å². The average molecular weight is 639 g/mol. The molecule has 2 unspecified atom stereocenters. The fraction of sp³-hybridized carbons (Fsp3) is 0.375. The maximum Gasteiger partial charge on any atom is 4.00 e. The van der Waals surface area contributed by atoms with Gasteiger partial charge < -0.3 is 29.7 Å². The van der Waals surface area contributed by atoms with E-state index in [1.807, 2.05) is 0 Å². The molecule has 2 heteroatoms. The van der Waals surface area contributed by atoms with Crippen LogP contribution in [0.4, 0.5) is 0 Å². The number of rotatable bonds is 6. The van der Waals surface area contributed by atoms with Crippen molar-refractivity contribution < 1.29 is 25.8 Å². The Balaban J connectivity index is 0. The summed E-state index contributed by atoms with van der Waals surface area (Å²) in [5.41, 5.74) is 11.8. The van der Waals surface area contributed by atoms with E-state index in [9.17, 15) is 0 Å². The summed E-state index contributed by atoms with van der Waals surface area (Å²) in [6, 6.07) is 18.6. The molecule has 0 aliphatic heterocycles. The molecule has 0 saturated heterocycles. The Kier molecular flexibility index (Phi) is 14.4. The summed E-state index contributed by atoms with van der Waals surface area (Å²) in [5, 5.41) is 1.74. The molecule has 2 aliphatic rings. The van der Waals surface area contributed by atoms with Gasteiger partial charge in [0.1, 0.15) is 0 Å². The fourth-order valence-electron chi connectivity index (χ4n) is 6.46. The summed E-state index contributed by atoms with van der Waals surface area (Å²) in [7, 11) is -1.79. The molecule has 0 saturated carbocycles. The predicted octanol–water partition coefficient (Wildman–Crippen LogP) is 10.3. The third kappa shape index (κ3) is 5.54. The zero-order chi connectivity index (χ0) is 20.8. The maximum absolute atomic E-state index is 2.64. The van der Waals surface area contributed by atoms with Crippen molar-refractivity contribution in [1.29, 1.82) is 0 Å². The molecule has 2 aromatic carbocycles. The fourth-order valence-corrected chi connectivity index (χ4v) is 11.2. The number of allylic oxidation sites excluding steroid dienone is 3. The minimum absolute atomic E-state index is 0. The van der Waals surface area contributed by atoms with Gasteiger partial charge in [0.05, 0.1) is 8.07 Å². The topological polar surface area (TPSA) is 0 Å². The van der Waals surface area contributed by atoms with E-state index < -0.39 is 8.07 Å². The van der Waals surface area contributed by atoms with Crippen molar-refractivity contribution in [1.82, 2.24) is 0 Å². The molecule has 0 heterocycles. The van der Waals surface area contributed by atoms with Crippen molar-refractivity contribution in [3.8, 4) is 0 Å². The Labute approximate surface area is 233 Å². The van der Waals surface area contributed by atoms with Gasteiger partial charge in [-0.05, 0) is 54.5 Å². The van der Waals surface area contributed by atoms with Crippen LogP contribution in [0.15, 0.2) is 59.7 Å². The van der Waals surface area contributed by atoms with Crippen LogP contribution in [0, 0.1) is 29.7 Å². The number of hydrogen-bond donors (Lipinski definition) is 0. The third-order valence-electron chi connectivity index (χ3n) is 7.47. The molecule has 4 rings (SSSR count). The van der Waals surface area contributed by atoms with E-state index in [1.165, 1.54) is 31.2 Å². The third-order valence-corrected chi connectivity index (χ3v) is 11.6. The van der Waals surface area contributed by atoms with Gasteiger partial charge in [0.2, 0.25) is 0 Å². The van der Waals surface area contributed by atoms with E-state index >= 15 is 0 Å². The molecule has 0 spiro atoms. The van der Waals surface area contributed by atoms with Gasteiger partial charge >= 0.3 is 25.8 Å². The molecule has 0 bridgehead atoms. The molecular formula is C32H48HfSi. The molecule has 0 N–H and O–H groups in total. The van der Waals surface area contributed by atoms with Crippen LogP contribution in [0.3, 0.4) is 0 Å². The van der Waals surface area contributed by atoms with Crippen LogP contribution in [0.25, 0.3) is 10.8 Å². The maximum atomic E-state index is 2.64. The summed E-state index contributed by atoms with van der Waals surface area (Å²) < 4.78 is 0. The van der Waals surface area contributed by atoms with Crippen LogP contribution < -0.4 is 0 Å². The Morgan fingerprint density at radius 2 is 1.24 bits per heavy atom.